The summed E-state index contributed by atoms with van der Waals surface area (Å²) in [6.07, 6.45) is 0. The zero-order chi connectivity index (χ0) is 3.58. The largest absolute Gasteiger partial charge is 0.199 e. The van der Waals surface area contributed by atoms with Crippen molar-refractivity contribution in [1.29, 1.82) is 0 Å². The normalized spacial score (nSPS) is 7.20. The van der Waals surface area contributed by atoms with E-state index in [-0.39, 0.29) is 6.15 Å². The average Bonchev–Trinajstić information content (AvgIpc) is 0.811. The molecule has 0 fully saturated rings. The van der Waals surface area contributed by atoms with E-state index < -0.39 is 5.57 Å². The molecule has 5 heteroatoms. The molecule has 0 atom stereocenters. The zero-order valence-electron chi connectivity index (χ0n) is 2.03. The van der Waals surface area contributed by atoms with Crippen molar-refractivity contribution >= 4 is 0 Å². The van der Waals surface area contributed by atoms with Crippen LogP contribution in [0.5, 0.6) is 0 Å². The highest BCUT2D eigenvalue weighted by Crippen LogP contribution is 1.82. The highest BCUT2D eigenvalue weighted by atomic mass is 19.5. The Morgan fingerprint density at radius 1 is 1.00 bits per heavy atom. The third-order valence-corrected chi connectivity index (χ3v) is 0. The molecule has 0 aromatic rings. The molecule has 0 bridgehead atoms. The predicted octanol–water partition coefficient (Wildman–Crippen LogP) is 0.461. The summed E-state index contributed by atoms with van der Waals surface area (Å²) in [5.74, 6) is 0. The minimum Gasteiger partial charge on any atom is -0.0662 e. The number of hydrogen-bond acceptors (Lipinski definition) is 1. The molecule has 0 N–H and O–H groups in total. The molecular weight excluding hydrogens is 85.0 g/mol. The topological polar surface area (TPSA) is 33.7 Å². The van der Waals surface area contributed by atoms with Crippen LogP contribution < -0.4 is 6.15 Å². The van der Waals surface area contributed by atoms with Gasteiger partial charge in [0.25, 0.3) is 0 Å². The summed E-state index contributed by atoms with van der Waals surface area (Å²) >= 11 is 0. The summed E-state index contributed by atoms with van der Waals surface area (Å²) in [7, 11) is 0. The molecule has 0 aromatic heterocycles. The van der Waals surface area contributed by atoms with Gasteiger partial charge >= 0.3 is 0 Å². The summed E-state index contributed by atoms with van der Waals surface area (Å²) in [5.41, 5.74) is -2.50. The molecule has 31 valence electrons. The van der Waals surface area contributed by atoms with Gasteiger partial charge in [0.15, 0.2) is 5.57 Å². The van der Waals surface area contributed by atoms with Gasteiger partial charge < -0.3 is 0 Å². The second-order valence-corrected chi connectivity index (χ2v) is 0.192. The maximum Gasteiger partial charge on any atom is 0.199 e. The van der Waals surface area contributed by atoms with Crippen LogP contribution in [-0.2, 0) is 0 Å². The summed E-state index contributed by atoms with van der Waals surface area (Å²) in [6, 6.07) is 0. The molecule has 0 amide bonds. The SMILES string of the molecule is FN(F)F.[N]. The Morgan fingerprint density at radius 2 is 1.00 bits per heavy atom. The Balaban J connectivity index is 0. The van der Waals surface area contributed by atoms with Crippen molar-refractivity contribution < 1.29 is 13.4 Å². The molecule has 0 unspecified atom stereocenters. The van der Waals surface area contributed by atoms with Crippen LogP contribution in [0.15, 0.2) is 0 Å². The fourth-order valence-electron chi connectivity index (χ4n) is 0. The molecule has 0 saturated carbocycles. The van der Waals surface area contributed by atoms with Gasteiger partial charge in [-0.2, -0.15) is 0 Å². The van der Waals surface area contributed by atoms with Crippen molar-refractivity contribution in [2.75, 3.05) is 0 Å². The lowest BCUT2D eigenvalue weighted by atomic mass is 13.5. The molecule has 0 aliphatic heterocycles. The van der Waals surface area contributed by atoms with E-state index in [1.807, 2.05) is 0 Å². The standard InChI is InChI=1S/F3N.N/c1-4(2)3;. The van der Waals surface area contributed by atoms with Crippen molar-refractivity contribution in [3.8, 4) is 0 Å². The molecule has 0 heterocycles. The van der Waals surface area contributed by atoms with Crippen LogP contribution in [0.4, 0.5) is 13.4 Å². The number of hydrogen-bond donors (Lipinski definition) is 0. The van der Waals surface area contributed by atoms with Crippen LogP contribution in [0, 0.1) is 0 Å². The van der Waals surface area contributed by atoms with E-state index in [0.717, 1.165) is 0 Å². The Morgan fingerprint density at radius 3 is 1.00 bits per heavy atom. The van der Waals surface area contributed by atoms with E-state index in [0.29, 0.717) is 0 Å². The van der Waals surface area contributed by atoms with Crippen molar-refractivity contribution in [2.24, 2.45) is 0 Å². The van der Waals surface area contributed by atoms with Crippen LogP contribution in [0.2, 0.25) is 0 Å². The van der Waals surface area contributed by atoms with Gasteiger partial charge in [-0.15, -0.1) is 0 Å². The van der Waals surface area contributed by atoms with E-state index in [2.05, 4.69) is 0 Å². The summed E-state index contributed by atoms with van der Waals surface area (Å²) < 4.78 is 28.5. The summed E-state index contributed by atoms with van der Waals surface area (Å²) in [4.78, 5) is 0. The quantitative estimate of drug-likeness (QED) is 0.393. The third-order valence-electron chi connectivity index (χ3n) is 0. The monoisotopic (exact) mass is 85.0 g/mol. The van der Waals surface area contributed by atoms with Crippen molar-refractivity contribution in [1.82, 2.24) is 11.7 Å². The maximum atomic E-state index is 9.50. The van der Waals surface area contributed by atoms with E-state index in [1.165, 1.54) is 0 Å². The van der Waals surface area contributed by atoms with Gasteiger partial charge in [-0.3, -0.25) is 0 Å². The lowest BCUT2D eigenvalue weighted by molar-refractivity contribution is -0.295. The van der Waals surface area contributed by atoms with Crippen LogP contribution in [0.3, 0.4) is 0 Å². The number of halogens is 3. The highest BCUT2D eigenvalue weighted by molar-refractivity contribution is 3.24. The predicted molar refractivity (Wildman–Crippen MR) is 7.30 cm³/mol. The Kier molecular flexibility index (Phi) is 6.55. The van der Waals surface area contributed by atoms with Crippen molar-refractivity contribution in [3.63, 3.8) is 0 Å². The molecule has 0 saturated heterocycles. The van der Waals surface area contributed by atoms with Gasteiger partial charge in [-0.1, -0.05) is 13.4 Å². The van der Waals surface area contributed by atoms with Gasteiger partial charge in [0.2, 0.25) is 0 Å². The van der Waals surface area contributed by atoms with Crippen LogP contribution >= 0.6 is 0 Å². The summed E-state index contributed by atoms with van der Waals surface area (Å²) in [6.45, 7) is 0. The Hall–Kier alpha value is -0.290. The fraction of sp³-hybridized carbons (Fsp3) is 0. The van der Waals surface area contributed by atoms with Crippen LogP contribution in [0.25, 0.3) is 0 Å². The molecule has 0 rings (SSSR count). The maximum absolute atomic E-state index is 9.50. The lowest BCUT2D eigenvalue weighted by Gasteiger charge is -1.67. The molecule has 3 radical (unpaired) electrons. The van der Waals surface area contributed by atoms with E-state index in [9.17, 15) is 13.4 Å². The highest BCUT2D eigenvalue weighted by Gasteiger charge is 1.80. The molecule has 5 heavy (non-hydrogen) atoms. The first kappa shape index (κ1) is 8.83. The second kappa shape index (κ2) is 3.71. The zero-order valence-corrected chi connectivity index (χ0v) is 2.03. The fourth-order valence-corrected chi connectivity index (χ4v) is 0. The molecule has 0 aliphatic carbocycles. The molecular formula is F3N2. The smallest absolute Gasteiger partial charge is 0.0662 e. The first-order chi connectivity index (χ1) is 1.73. The average molecular weight is 85.0 g/mol. The van der Waals surface area contributed by atoms with Crippen LogP contribution in [0.1, 0.15) is 0 Å². The van der Waals surface area contributed by atoms with Gasteiger partial charge in [0, 0.05) is 6.15 Å². The first-order valence-corrected chi connectivity index (χ1v) is 0.507. The summed E-state index contributed by atoms with van der Waals surface area (Å²) in [5, 5.41) is 0. The van der Waals surface area contributed by atoms with Gasteiger partial charge in [0.05, 0.1) is 0 Å². The second-order valence-electron chi connectivity index (χ2n) is 0.192. The minimum absolute atomic E-state index is 0. The van der Waals surface area contributed by atoms with Crippen LogP contribution in [-0.4, -0.2) is 5.57 Å². The van der Waals surface area contributed by atoms with Crippen molar-refractivity contribution in [2.45, 2.75) is 0 Å². The van der Waals surface area contributed by atoms with E-state index in [1.54, 1.807) is 0 Å². The third kappa shape index (κ3) is 129. The van der Waals surface area contributed by atoms with Gasteiger partial charge in [0.1, 0.15) is 0 Å². The minimum atomic E-state index is -2.50. The first-order valence-electron chi connectivity index (χ1n) is 0.507. The van der Waals surface area contributed by atoms with Crippen molar-refractivity contribution in [3.05, 3.63) is 0 Å². The molecule has 0 spiro atoms. The van der Waals surface area contributed by atoms with E-state index in [4.69, 9.17) is 0 Å². The number of rotatable bonds is 0. The lowest BCUT2D eigenvalue weighted by Crippen LogP contribution is -1.72. The molecule has 2 nitrogen and oxygen atoms in total. The Bertz CT molecular complexity index is 9.61. The number of nitrogens with zero attached hydrogens (tertiary/aromatic N) is 2. The molecule has 0 aliphatic rings. The van der Waals surface area contributed by atoms with Gasteiger partial charge in [-0.05, 0) is 0 Å². The Labute approximate surface area is 26.6 Å². The molecule has 0 aromatic carbocycles. The van der Waals surface area contributed by atoms with Gasteiger partial charge in [-0.25, -0.2) is 0 Å². The van der Waals surface area contributed by atoms with E-state index >= 15 is 0 Å².